The third-order valence-corrected chi connectivity index (χ3v) is 2.49. The van der Waals surface area contributed by atoms with Crippen LogP contribution < -0.4 is 5.32 Å². The number of allylic oxidation sites excluding steroid dienone is 2. The zero-order valence-corrected chi connectivity index (χ0v) is 8.11. The van der Waals surface area contributed by atoms with E-state index in [0.717, 1.165) is 31.8 Å². The molecule has 0 bridgehead atoms. The fraction of sp³-hybridized carbons (Fsp3) is 0.500. The maximum atomic E-state index is 8.80. The summed E-state index contributed by atoms with van der Waals surface area (Å²) >= 11 is 0. The molecule has 0 atom stereocenters. The summed E-state index contributed by atoms with van der Waals surface area (Å²) in [6, 6.07) is 2.20. The Bertz CT molecular complexity index is 294. The van der Waals surface area contributed by atoms with Crippen LogP contribution in [0.1, 0.15) is 0 Å². The highest BCUT2D eigenvalue weighted by atomic mass is 15.6. The molecule has 1 fully saturated rings. The molecule has 0 aromatic heterocycles. The lowest BCUT2D eigenvalue weighted by molar-refractivity contribution is 0.0182. The second-order valence-electron chi connectivity index (χ2n) is 3.45. The summed E-state index contributed by atoms with van der Waals surface area (Å²) in [5.41, 5.74) is 0.825. The van der Waals surface area contributed by atoms with Crippen LogP contribution in [-0.2, 0) is 0 Å². The molecular weight excluding hydrogens is 176 g/mol. The molecule has 0 aliphatic carbocycles. The van der Waals surface area contributed by atoms with Crippen molar-refractivity contribution >= 4 is 0 Å². The third kappa shape index (κ3) is 1.95. The van der Waals surface area contributed by atoms with Crippen LogP contribution in [0.3, 0.4) is 0 Å². The molecule has 1 saturated heterocycles. The van der Waals surface area contributed by atoms with Crippen LogP contribution in [0.2, 0.25) is 0 Å². The highest BCUT2D eigenvalue weighted by Gasteiger charge is 2.17. The van der Waals surface area contributed by atoms with Gasteiger partial charge in [-0.1, -0.05) is 0 Å². The number of nitriles is 1. The maximum absolute atomic E-state index is 8.80. The first-order valence-electron chi connectivity index (χ1n) is 4.90. The van der Waals surface area contributed by atoms with Crippen LogP contribution in [0.5, 0.6) is 0 Å². The lowest BCUT2D eigenvalue weighted by atomic mass is 10.2. The highest BCUT2D eigenvalue weighted by Crippen LogP contribution is 2.10. The Balaban J connectivity index is 1.97. The normalized spacial score (nSPS) is 23.1. The Morgan fingerprint density at radius 3 is 2.86 bits per heavy atom. The Morgan fingerprint density at radius 1 is 1.36 bits per heavy atom. The lowest BCUT2D eigenvalue weighted by Gasteiger charge is -2.37. The highest BCUT2D eigenvalue weighted by molar-refractivity contribution is 5.29. The second kappa shape index (κ2) is 4.27. The van der Waals surface area contributed by atoms with Crippen molar-refractivity contribution in [2.75, 3.05) is 32.7 Å². The van der Waals surface area contributed by atoms with E-state index in [1.807, 2.05) is 18.4 Å². The Kier molecular flexibility index (Phi) is 2.82. The van der Waals surface area contributed by atoms with Crippen molar-refractivity contribution in [3.05, 3.63) is 23.9 Å². The van der Waals surface area contributed by atoms with Gasteiger partial charge >= 0.3 is 0 Å². The van der Waals surface area contributed by atoms with E-state index in [9.17, 15) is 0 Å². The van der Waals surface area contributed by atoms with Crippen LogP contribution in [0.25, 0.3) is 0 Å². The van der Waals surface area contributed by atoms with Crippen molar-refractivity contribution in [1.82, 2.24) is 15.3 Å². The number of piperazine rings is 1. The van der Waals surface area contributed by atoms with Gasteiger partial charge in [-0.25, -0.2) is 5.01 Å². The molecule has 4 nitrogen and oxygen atoms in total. The first-order valence-corrected chi connectivity index (χ1v) is 4.90. The van der Waals surface area contributed by atoms with Gasteiger partial charge in [-0.15, -0.1) is 0 Å². The van der Waals surface area contributed by atoms with E-state index in [0.29, 0.717) is 6.54 Å². The number of rotatable bonds is 1. The molecule has 0 spiro atoms. The zero-order chi connectivity index (χ0) is 9.80. The summed E-state index contributed by atoms with van der Waals surface area (Å²) in [5.74, 6) is 0. The van der Waals surface area contributed by atoms with Gasteiger partial charge in [0.15, 0.2) is 0 Å². The van der Waals surface area contributed by atoms with Gasteiger partial charge < -0.3 is 10.3 Å². The van der Waals surface area contributed by atoms with E-state index in [4.69, 9.17) is 5.26 Å². The molecule has 2 rings (SSSR count). The van der Waals surface area contributed by atoms with E-state index in [-0.39, 0.29) is 0 Å². The van der Waals surface area contributed by atoms with Crippen molar-refractivity contribution in [2.45, 2.75) is 0 Å². The molecule has 2 aliphatic heterocycles. The zero-order valence-electron chi connectivity index (χ0n) is 8.11. The molecule has 74 valence electrons. The van der Waals surface area contributed by atoms with Crippen LogP contribution >= 0.6 is 0 Å². The SMILES string of the molecule is N#CC1=CC=CN(N2CCNCC2)C1. The predicted octanol–water partition coefficient (Wildman–Crippen LogP) is 0.0859. The third-order valence-electron chi connectivity index (χ3n) is 2.49. The van der Waals surface area contributed by atoms with Crippen molar-refractivity contribution in [2.24, 2.45) is 0 Å². The summed E-state index contributed by atoms with van der Waals surface area (Å²) in [6.07, 6.45) is 5.84. The molecule has 0 amide bonds. The summed E-state index contributed by atoms with van der Waals surface area (Å²) in [5, 5.41) is 16.5. The minimum atomic E-state index is 0.715. The number of hydrazine groups is 1. The first-order chi connectivity index (χ1) is 6.90. The van der Waals surface area contributed by atoms with Gasteiger partial charge in [-0.05, 0) is 12.2 Å². The smallest absolute Gasteiger partial charge is 0.0966 e. The number of hydrogen-bond donors (Lipinski definition) is 1. The molecule has 0 radical (unpaired) electrons. The minimum Gasteiger partial charge on any atom is -0.314 e. The van der Waals surface area contributed by atoms with E-state index in [1.54, 1.807) is 0 Å². The monoisotopic (exact) mass is 190 g/mol. The van der Waals surface area contributed by atoms with Gasteiger partial charge in [0.2, 0.25) is 0 Å². The van der Waals surface area contributed by atoms with Gasteiger partial charge in [-0.3, -0.25) is 0 Å². The van der Waals surface area contributed by atoms with Crippen LogP contribution in [0.15, 0.2) is 23.9 Å². The molecule has 0 aromatic carbocycles. The summed E-state index contributed by atoms with van der Waals surface area (Å²) in [4.78, 5) is 0. The lowest BCUT2D eigenvalue weighted by Crippen LogP contribution is -2.51. The van der Waals surface area contributed by atoms with Gasteiger partial charge in [0.25, 0.3) is 0 Å². The molecule has 2 aliphatic rings. The quantitative estimate of drug-likeness (QED) is 0.636. The fourth-order valence-electron chi connectivity index (χ4n) is 1.72. The molecule has 0 unspecified atom stereocenters. The van der Waals surface area contributed by atoms with Crippen LogP contribution in [-0.4, -0.2) is 42.7 Å². The van der Waals surface area contributed by atoms with Gasteiger partial charge in [0.1, 0.15) is 0 Å². The van der Waals surface area contributed by atoms with Crippen molar-refractivity contribution in [3.63, 3.8) is 0 Å². The first kappa shape index (κ1) is 9.25. The van der Waals surface area contributed by atoms with Crippen molar-refractivity contribution < 1.29 is 0 Å². The molecule has 1 N–H and O–H groups in total. The van der Waals surface area contributed by atoms with E-state index in [1.165, 1.54) is 0 Å². The molecule has 2 heterocycles. The number of hydrogen-bond acceptors (Lipinski definition) is 4. The van der Waals surface area contributed by atoms with Gasteiger partial charge in [0.05, 0.1) is 18.2 Å². The van der Waals surface area contributed by atoms with Crippen LogP contribution in [0.4, 0.5) is 0 Å². The average Bonchev–Trinajstić information content (AvgIpc) is 2.30. The van der Waals surface area contributed by atoms with Gasteiger partial charge in [-0.2, -0.15) is 5.26 Å². The maximum Gasteiger partial charge on any atom is 0.0966 e. The Labute approximate surface area is 84.1 Å². The van der Waals surface area contributed by atoms with E-state index < -0.39 is 0 Å². The topological polar surface area (TPSA) is 42.3 Å². The van der Waals surface area contributed by atoms with E-state index in [2.05, 4.69) is 21.4 Å². The minimum absolute atomic E-state index is 0.715. The second-order valence-corrected chi connectivity index (χ2v) is 3.45. The van der Waals surface area contributed by atoms with Crippen molar-refractivity contribution in [1.29, 1.82) is 5.26 Å². The summed E-state index contributed by atoms with van der Waals surface area (Å²) in [6.45, 7) is 4.80. The standard InChI is InChI=1S/C10H14N4/c11-8-10-2-1-5-14(9-10)13-6-3-12-4-7-13/h1-2,5,12H,3-4,6-7,9H2. The summed E-state index contributed by atoms with van der Waals surface area (Å²) < 4.78 is 0. The average molecular weight is 190 g/mol. The fourth-order valence-corrected chi connectivity index (χ4v) is 1.72. The molecule has 4 heteroatoms. The Morgan fingerprint density at radius 2 is 2.14 bits per heavy atom. The van der Waals surface area contributed by atoms with Gasteiger partial charge in [0, 0.05) is 32.4 Å². The van der Waals surface area contributed by atoms with Crippen LogP contribution in [0, 0.1) is 11.3 Å². The number of nitrogens with zero attached hydrogens (tertiary/aromatic N) is 3. The predicted molar refractivity (Wildman–Crippen MR) is 54.0 cm³/mol. The number of nitrogens with one attached hydrogen (secondary N) is 1. The van der Waals surface area contributed by atoms with E-state index >= 15 is 0 Å². The molecular formula is C10H14N4. The molecule has 0 aromatic rings. The largest absolute Gasteiger partial charge is 0.314 e. The van der Waals surface area contributed by atoms with Crippen molar-refractivity contribution in [3.8, 4) is 6.07 Å². The summed E-state index contributed by atoms with van der Waals surface area (Å²) in [7, 11) is 0. The Hall–Kier alpha value is -1.31. The molecule has 0 saturated carbocycles. The molecule has 14 heavy (non-hydrogen) atoms.